The molecule has 0 saturated heterocycles. The van der Waals surface area contributed by atoms with Crippen molar-refractivity contribution in [3.8, 4) is 5.75 Å². The lowest BCUT2D eigenvalue weighted by Gasteiger charge is -2.19. The maximum Gasteiger partial charge on any atom is 0.223 e. The lowest BCUT2D eigenvalue weighted by Crippen LogP contribution is -2.30. The molecule has 0 aromatic heterocycles. The molecule has 3 heteroatoms. The van der Waals surface area contributed by atoms with E-state index >= 15 is 0 Å². The second-order valence-electron chi connectivity index (χ2n) is 6.66. The molecule has 1 amide bonds. The van der Waals surface area contributed by atoms with Gasteiger partial charge < -0.3 is 10.1 Å². The summed E-state index contributed by atoms with van der Waals surface area (Å²) in [5, 5.41) is 3.19. The minimum atomic E-state index is 0.0565. The van der Waals surface area contributed by atoms with Crippen LogP contribution in [0.5, 0.6) is 5.75 Å². The van der Waals surface area contributed by atoms with Crippen molar-refractivity contribution in [1.29, 1.82) is 0 Å². The summed E-state index contributed by atoms with van der Waals surface area (Å²) in [6.45, 7) is 4.47. The first-order chi connectivity index (χ1) is 11.6. The molecule has 0 heterocycles. The number of carbonyl (C=O) groups excluding carboxylic acids is 1. The Morgan fingerprint density at radius 1 is 1.17 bits per heavy atom. The number of hydrogen-bond acceptors (Lipinski definition) is 2. The van der Waals surface area contributed by atoms with Gasteiger partial charge in [-0.15, -0.1) is 0 Å². The molecule has 3 nitrogen and oxygen atoms in total. The molecule has 0 spiro atoms. The standard InChI is InChI=1S/C21H25NO2/c1-15-8-9-16(2)19(14-15)24-13-12-20(23)22-21(18-10-11-18)17-6-4-3-5-7-17/h3-9,14,18,21H,10-13H2,1-2H3,(H,22,23). The topological polar surface area (TPSA) is 38.3 Å². The molecular weight excluding hydrogens is 298 g/mol. The van der Waals surface area contributed by atoms with Gasteiger partial charge in [0.1, 0.15) is 5.75 Å². The van der Waals surface area contributed by atoms with Crippen LogP contribution >= 0.6 is 0 Å². The average Bonchev–Trinajstić information content (AvgIpc) is 3.41. The van der Waals surface area contributed by atoms with Crippen molar-refractivity contribution in [2.45, 2.75) is 39.2 Å². The second-order valence-corrected chi connectivity index (χ2v) is 6.66. The zero-order chi connectivity index (χ0) is 16.9. The Bertz CT molecular complexity index is 692. The Labute approximate surface area is 144 Å². The number of hydrogen-bond donors (Lipinski definition) is 1. The predicted octanol–water partition coefficient (Wildman–Crippen LogP) is 4.34. The largest absolute Gasteiger partial charge is 0.493 e. The summed E-state index contributed by atoms with van der Waals surface area (Å²) in [6.07, 6.45) is 2.76. The summed E-state index contributed by atoms with van der Waals surface area (Å²) < 4.78 is 5.79. The molecule has 1 N–H and O–H groups in total. The first-order valence-electron chi connectivity index (χ1n) is 8.68. The highest BCUT2D eigenvalue weighted by molar-refractivity contribution is 5.76. The van der Waals surface area contributed by atoms with Crippen molar-refractivity contribution in [1.82, 2.24) is 5.32 Å². The van der Waals surface area contributed by atoms with E-state index in [2.05, 4.69) is 23.5 Å². The van der Waals surface area contributed by atoms with Crippen molar-refractivity contribution < 1.29 is 9.53 Å². The molecule has 24 heavy (non-hydrogen) atoms. The van der Waals surface area contributed by atoms with Crippen molar-refractivity contribution in [3.05, 3.63) is 65.2 Å². The van der Waals surface area contributed by atoms with Gasteiger partial charge in [0.05, 0.1) is 19.1 Å². The van der Waals surface area contributed by atoms with Gasteiger partial charge in [-0.25, -0.2) is 0 Å². The maximum atomic E-state index is 12.3. The third kappa shape index (κ3) is 4.38. The molecule has 0 radical (unpaired) electrons. The molecule has 1 fully saturated rings. The Morgan fingerprint density at radius 3 is 2.62 bits per heavy atom. The normalized spacial score (nSPS) is 14.9. The van der Waals surface area contributed by atoms with Gasteiger partial charge in [-0.05, 0) is 55.4 Å². The molecule has 126 valence electrons. The second kappa shape index (κ2) is 7.52. The smallest absolute Gasteiger partial charge is 0.223 e. The van der Waals surface area contributed by atoms with Gasteiger partial charge in [-0.2, -0.15) is 0 Å². The third-order valence-electron chi connectivity index (χ3n) is 4.50. The molecule has 0 bridgehead atoms. The third-order valence-corrected chi connectivity index (χ3v) is 4.50. The predicted molar refractivity (Wildman–Crippen MR) is 96.1 cm³/mol. The minimum absolute atomic E-state index is 0.0565. The van der Waals surface area contributed by atoms with Gasteiger partial charge >= 0.3 is 0 Å². The monoisotopic (exact) mass is 323 g/mol. The Balaban J connectivity index is 1.52. The van der Waals surface area contributed by atoms with Crippen molar-refractivity contribution in [2.24, 2.45) is 5.92 Å². The fourth-order valence-corrected chi connectivity index (χ4v) is 2.93. The molecule has 0 aliphatic heterocycles. The summed E-state index contributed by atoms with van der Waals surface area (Å²) in [5.74, 6) is 1.50. The van der Waals surface area contributed by atoms with Gasteiger partial charge in [0.15, 0.2) is 0 Å². The highest BCUT2D eigenvalue weighted by atomic mass is 16.5. The highest BCUT2D eigenvalue weighted by Gasteiger charge is 2.33. The van der Waals surface area contributed by atoms with Crippen LogP contribution in [0.3, 0.4) is 0 Å². The number of rotatable bonds is 7. The first kappa shape index (κ1) is 16.6. The van der Waals surface area contributed by atoms with Gasteiger partial charge in [0.25, 0.3) is 0 Å². The Morgan fingerprint density at radius 2 is 1.92 bits per heavy atom. The van der Waals surface area contributed by atoms with Gasteiger partial charge in [-0.3, -0.25) is 4.79 Å². The molecule has 2 aromatic carbocycles. The summed E-state index contributed by atoms with van der Waals surface area (Å²) in [5.41, 5.74) is 3.46. The number of amides is 1. The van der Waals surface area contributed by atoms with Crippen molar-refractivity contribution in [2.75, 3.05) is 6.61 Å². The highest BCUT2D eigenvalue weighted by Crippen LogP contribution is 2.40. The van der Waals surface area contributed by atoms with E-state index in [9.17, 15) is 4.79 Å². The molecule has 1 aliphatic rings. The van der Waals surface area contributed by atoms with Gasteiger partial charge in [0.2, 0.25) is 5.91 Å². The van der Waals surface area contributed by atoms with E-state index in [1.807, 2.05) is 44.2 Å². The van der Waals surface area contributed by atoms with Crippen LogP contribution in [0.1, 0.15) is 42.0 Å². The minimum Gasteiger partial charge on any atom is -0.493 e. The number of nitrogens with one attached hydrogen (secondary N) is 1. The lowest BCUT2D eigenvalue weighted by molar-refractivity contribution is -0.122. The summed E-state index contributed by atoms with van der Waals surface area (Å²) in [6, 6.07) is 16.5. The average molecular weight is 323 g/mol. The maximum absolute atomic E-state index is 12.3. The number of aryl methyl sites for hydroxylation is 2. The van der Waals surface area contributed by atoms with Gasteiger partial charge in [-0.1, -0.05) is 42.5 Å². The summed E-state index contributed by atoms with van der Waals surface area (Å²) in [4.78, 5) is 12.3. The first-order valence-corrected chi connectivity index (χ1v) is 8.68. The molecular formula is C21H25NO2. The van der Waals surface area contributed by atoms with Crippen molar-refractivity contribution >= 4 is 5.91 Å². The fraction of sp³-hybridized carbons (Fsp3) is 0.381. The number of carbonyl (C=O) groups is 1. The van der Waals surface area contributed by atoms with Crippen LogP contribution in [-0.4, -0.2) is 12.5 Å². The van der Waals surface area contributed by atoms with Crippen LogP contribution in [0, 0.1) is 19.8 Å². The van der Waals surface area contributed by atoms with E-state index in [1.165, 1.54) is 18.4 Å². The van der Waals surface area contributed by atoms with E-state index < -0.39 is 0 Å². The molecule has 1 saturated carbocycles. The molecule has 1 atom stereocenters. The molecule has 3 rings (SSSR count). The molecule has 2 aromatic rings. The quantitative estimate of drug-likeness (QED) is 0.823. The molecule has 1 aliphatic carbocycles. The van der Waals surface area contributed by atoms with E-state index in [0.29, 0.717) is 18.9 Å². The zero-order valence-electron chi connectivity index (χ0n) is 14.4. The van der Waals surface area contributed by atoms with E-state index in [4.69, 9.17) is 4.74 Å². The van der Waals surface area contributed by atoms with Crippen LogP contribution < -0.4 is 10.1 Å². The summed E-state index contributed by atoms with van der Waals surface area (Å²) >= 11 is 0. The lowest BCUT2D eigenvalue weighted by atomic mass is 10.0. The zero-order valence-corrected chi connectivity index (χ0v) is 14.4. The van der Waals surface area contributed by atoms with Crippen LogP contribution in [-0.2, 0) is 4.79 Å². The number of benzene rings is 2. The van der Waals surface area contributed by atoms with Crippen LogP contribution in [0.25, 0.3) is 0 Å². The van der Waals surface area contributed by atoms with E-state index in [0.717, 1.165) is 16.9 Å². The van der Waals surface area contributed by atoms with Crippen molar-refractivity contribution in [3.63, 3.8) is 0 Å². The summed E-state index contributed by atoms with van der Waals surface area (Å²) in [7, 11) is 0. The SMILES string of the molecule is Cc1ccc(C)c(OCCC(=O)NC(c2ccccc2)C2CC2)c1. The van der Waals surface area contributed by atoms with E-state index in [-0.39, 0.29) is 11.9 Å². The van der Waals surface area contributed by atoms with Crippen LogP contribution in [0.2, 0.25) is 0 Å². The Hall–Kier alpha value is -2.29. The fourth-order valence-electron chi connectivity index (χ4n) is 2.93. The van der Waals surface area contributed by atoms with Gasteiger partial charge in [0, 0.05) is 0 Å². The Kier molecular flexibility index (Phi) is 5.19. The van der Waals surface area contributed by atoms with Crippen LogP contribution in [0.15, 0.2) is 48.5 Å². The van der Waals surface area contributed by atoms with Crippen LogP contribution in [0.4, 0.5) is 0 Å². The van der Waals surface area contributed by atoms with E-state index in [1.54, 1.807) is 0 Å². The molecule has 1 unspecified atom stereocenters. The number of ether oxygens (including phenoxy) is 1.